The number of carbonyl (C=O) groups is 3. The van der Waals surface area contributed by atoms with Crippen molar-refractivity contribution in [2.45, 2.75) is 44.2 Å². The highest BCUT2D eigenvalue weighted by molar-refractivity contribution is 5.88. The van der Waals surface area contributed by atoms with E-state index in [9.17, 15) is 23.6 Å². The summed E-state index contributed by atoms with van der Waals surface area (Å²) in [5.41, 5.74) is -1.41. The Labute approximate surface area is 205 Å². The average Bonchev–Trinajstić information content (AvgIpc) is 3.22. The van der Waals surface area contributed by atoms with Gasteiger partial charge in [-0.25, -0.2) is 14.2 Å². The van der Waals surface area contributed by atoms with Crippen LogP contribution in [0.25, 0.3) is 0 Å². The smallest absolute Gasteiger partial charge is 0.336 e. The number of halogens is 1. The number of ether oxygens (including phenoxy) is 1. The lowest BCUT2D eigenvalue weighted by Gasteiger charge is -2.18. The molecule has 1 unspecified atom stereocenters. The second-order valence-electron chi connectivity index (χ2n) is 8.41. The molecule has 1 aliphatic heterocycles. The molecule has 0 spiro atoms. The first-order chi connectivity index (χ1) is 16.8. The van der Waals surface area contributed by atoms with Crippen LogP contribution in [0.3, 0.4) is 0 Å². The van der Waals surface area contributed by atoms with Crippen molar-refractivity contribution in [2.24, 2.45) is 0 Å². The lowest BCUT2D eigenvalue weighted by molar-refractivity contribution is -0.170. The molecule has 1 saturated heterocycles. The fourth-order valence-electron chi connectivity index (χ4n) is 3.78. The van der Waals surface area contributed by atoms with E-state index in [1.165, 1.54) is 6.07 Å². The number of likely N-dealkylation sites (tertiary alicyclic amines) is 1. The monoisotopic (exact) mass is 509 g/mol. The van der Waals surface area contributed by atoms with Gasteiger partial charge in [0.25, 0.3) is 5.56 Å². The van der Waals surface area contributed by atoms with E-state index in [1.807, 2.05) is 0 Å². The number of hydrogen-bond acceptors (Lipinski definition) is 8. The van der Waals surface area contributed by atoms with Crippen LogP contribution in [-0.2, 0) is 20.9 Å². The number of nitrogens with one attached hydrogen (secondary N) is 1. The first-order valence-corrected chi connectivity index (χ1v) is 10.8. The van der Waals surface area contributed by atoms with Gasteiger partial charge in [-0.05, 0) is 38.1 Å². The number of methoxy groups -OCH3 is 1. The number of aromatic nitrogens is 2. The Morgan fingerprint density at radius 3 is 2.36 bits per heavy atom. The van der Waals surface area contributed by atoms with Crippen LogP contribution in [0, 0.1) is 12.7 Å². The molecule has 13 heteroatoms. The van der Waals surface area contributed by atoms with Crippen LogP contribution >= 0.6 is 0 Å². The Morgan fingerprint density at radius 2 is 1.83 bits per heavy atom. The third-order valence-electron chi connectivity index (χ3n) is 5.50. The highest BCUT2D eigenvalue weighted by atomic mass is 19.1. The number of aliphatic carboxylic acids is 3. The lowest BCUT2D eigenvalue weighted by Crippen LogP contribution is -2.42. The van der Waals surface area contributed by atoms with E-state index >= 15 is 0 Å². The van der Waals surface area contributed by atoms with Crippen LogP contribution in [0.15, 0.2) is 29.1 Å². The number of carboxylic acids is 3. The van der Waals surface area contributed by atoms with Gasteiger partial charge >= 0.3 is 17.9 Å². The van der Waals surface area contributed by atoms with Gasteiger partial charge in [0.2, 0.25) is 0 Å². The number of carboxylic acid groups (broad SMARTS) is 3. The zero-order valence-corrected chi connectivity index (χ0v) is 19.7. The zero-order chi connectivity index (χ0) is 27.0. The average molecular weight is 509 g/mol. The molecule has 1 aromatic heterocycles. The minimum Gasteiger partial charge on any atom is -0.497 e. The second-order valence-corrected chi connectivity index (χ2v) is 8.41. The molecule has 1 fully saturated rings. The highest BCUT2D eigenvalue weighted by Gasteiger charge is 2.40. The van der Waals surface area contributed by atoms with E-state index in [1.54, 1.807) is 32.2 Å². The molecule has 0 amide bonds. The summed E-state index contributed by atoms with van der Waals surface area (Å²) >= 11 is 0. The first-order valence-electron chi connectivity index (χ1n) is 10.8. The fourth-order valence-corrected chi connectivity index (χ4v) is 3.78. The van der Waals surface area contributed by atoms with Crippen LogP contribution < -0.4 is 10.3 Å². The summed E-state index contributed by atoms with van der Waals surface area (Å²) in [4.78, 5) is 51.3. The van der Waals surface area contributed by atoms with Gasteiger partial charge in [0.15, 0.2) is 5.60 Å². The Bertz CT molecular complexity index is 1150. The normalized spacial score (nSPS) is 15.6. The summed E-state index contributed by atoms with van der Waals surface area (Å²) in [6.45, 7) is 3.94. The number of benzene rings is 1. The van der Waals surface area contributed by atoms with Gasteiger partial charge in [-0.2, -0.15) is 0 Å². The third-order valence-corrected chi connectivity index (χ3v) is 5.50. The van der Waals surface area contributed by atoms with E-state index in [-0.39, 0.29) is 17.3 Å². The highest BCUT2D eigenvalue weighted by Crippen LogP contribution is 2.27. The minimum atomic E-state index is -2.74. The maximum Gasteiger partial charge on any atom is 0.336 e. The SMILES string of the molecule is COc1ccc(F)c(CN2CCC(c3cc(=O)[nH]c(C)n3)C2)c1.O=C(O)CC(O)(CC(=O)O)C(=O)O. The van der Waals surface area contributed by atoms with Gasteiger partial charge in [0.1, 0.15) is 17.4 Å². The molecule has 196 valence electrons. The number of rotatable bonds is 9. The van der Waals surface area contributed by atoms with Crippen molar-refractivity contribution in [3.05, 3.63) is 57.5 Å². The summed E-state index contributed by atoms with van der Waals surface area (Å²) in [7, 11) is 1.57. The Balaban J connectivity index is 0.000000302. The predicted octanol–water partition coefficient (Wildman–Crippen LogP) is 0.967. The number of aromatic amines is 1. The van der Waals surface area contributed by atoms with E-state index in [0.29, 0.717) is 23.7 Å². The summed E-state index contributed by atoms with van der Waals surface area (Å²) in [6, 6.07) is 6.35. The summed E-state index contributed by atoms with van der Waals surface area (Å²) in [5.74, 6) is -3.74. The van der Waals surface area contributed by atoms with Crippen LogP contribution in [0.4, 0.5) is 4.39 Å². The van der Waals surface area contributed by atoms with Crippen molar-refractivity contribution in [3.63, 3.8) is 0 Å². The number of H-pyrrole nitrogens is 1. The number of hydrogen-bond donors (Lipinski definition) is 5. The molecular formula is C23H28FN3O9. The predicted molar refractivity (Wildman–Crippen MR) is 122 cm³/mol. The molecule has 3 rings (SSSR count). The standard InChI is InChI=1S/C17H20FN3O2.C6H8O7/c1-11-19-16(8-17(22)20-11)12-5-6-21(9-12)10-13-7-14(23-2)3-4-15(13)18;7-3(8)1-6(13,5(11)12)2-4(9)10/h3-4,7-8,12H,5-6,9-10H2,1-2H3,(H,19,20,22);13H,1-2H2,(H,7,8)(H,9,10)(H,11,12). The molecule has 0 saturated carbocycles. The van der Waals surface area contributed by atoms with Gasteiger partial charge in [0, 0.05) is 30.6 Å². The van der Waals surface area contributed by atoms with Gasteiger partial charge in [-0.1, -0.05) is 0 Å². The number of aliphatic hydroxyl groups is 1. The molecule has 2 heterocycles. The molecule has 12 nitrogen and oxygen atoms in total. The van der Waals surface area contributed by atoms with Crippen LogP contribution in [0.2, 0.25) is 0 Å². The second kappa shape index (κ2) is 12.2. The van der Waals surface area contributed by atoms with E-state index < -0.39 is 36.4 Å². The van der Waals surface area contributed by atoms with Crippen molar-refractivity contribution in [3.8, 4) is 5.75 Å². The Morgan fingerprint density at radius 1 is 1.19 bits per heavy atom. The van der Waals surface area contributed by atoms with Crippen molar-refractivity contribution >= 4 is 17.9 Å². The Hall–Kier alpha value is -3.84. The molecule has 0 aliphatic carbocycles. The largest absolute Gasteiger partial charge is 0.497 e. The van der Waals surface area contributed by atoms with E-state index in [0.717, 1.165) is 25.2 Å². The Kier molecular flexibility index (Phi) is 9.64. The van der Waals surface area contributed by atoms with Gasteiger partial charge < -0.3 is 30.1 Å². The van der Waals surface area contributed by atoms with E-state index in [4.69, 9.17) is 25.2 Å². The van der Waals surface area contributed by atoms with Gasteiger partial charge in [0.05, 0.1) is 25.6 Å². The summed E-state index contributed by atoms with van der Waals surface area (Å²) in [6.07, 6.45) is -1.37. The lowest BCUT2D eigenvalue weighted by atomic mass is 9.96. The quantitative estimate of drug-likeness (QED) is 0.324. The molecule has 1 aromatic carbocycles. The number of aryl methyl sites for hydroxylation is 1. The minimum absolute atomic E-state index is 0.121. The van der Waals surface area contributed by atoms with Crippen molar-refractivity contribution in [2.75, 3.05) is 20.2 Å². The topological polar surface area (TPSA) is 190 Å². The maximum absolute atomic E-state index is 13.9. The summed E-state index contributed by atoms with van der Waals surface area (Å²) in [5, 5.41) is 33.8. The molecule has 0 bridgehead atoms. The summed E-state index contributed by atoms with van der Waals surface area (Å²) < 4.78 is 19.1. The van der Waals surface area contributed by atoms with Crippen LogP contribution in [0.1, 0.15) is 42.3 Å². The van der Waals surface area contributed by atoms with Gasteiger partial charge in [-0.15, -0.1) is 0 Å². The fraction of sp³-hybridized carbons (Fsp3) is 0.435. The number of nitrogens with zero attached hydrogens (tertiary/aromatic N) is 2. The molecule has 36 heavy (non-hydrogen) atoms. The molecule has 5 N–H and O–H groups in total. The maximum atomic E-state index is 13.9. The van der Waals surface area contributed by atoms with Crippen LogP contribution in [0.5, 0.6) is 5.75 Å². The van der Waals surface area contributed by atoms with Crippen molar-refractivity contribution in [1.29, 1.82) is 0 Å². The van der Waals surface area contributed by atoms with Crippen molar-refractivity contribution < 1.29 is 43.9 Å². The van der Waals surface area contributed by atoms with Crippen LogP contribution in [-0.4, -0.2) is 79.0 Å². The van der Waals surface area contributed by atoms with Gasteiger partial charge in [-0.3, -0.25) is 19.3 Å². The van der Waals surface area contributed by atoms with Crippen molar-refractivity contribution in [1.82, 2.24) is 14.9 Å². The zero-order valence-electron chi connectivity index (χ0n) is 19.7. The first kappa shape index (κ1) is 28.4. The molecular weight excluding hydrogens is 481 g/mol. The molecule has 1 aliphatic rings. The van der Waals surface area contributed by atoms with E-state index in [2.05, 4.69) is 14.9 Å². The third kappa shape index (κ3) is 8.13. The molecule has 0 radical (unpaired) electrons. The molecule has 1 atom stereocenters. The molecule has 2 aromatic rings.